The Morgan fingerprint density at radius 1 is 1.24 bits per heavy atom. The van der Waals surface area contributed by atoms with Gasteiger partial charge in [0.1, 0.15) is 0 Å². The number of aliphatic hydroxyl groups excluding tert-OH is 1. The third-order valence-corrected chi connectivity index (χ3v) is 5.88. The average molecular weight is 418 g/mol. The van der Waals surface area contributed by atoms with Gasteiger partial charge in [-0.15, -0.1) is 0 Å². The van der Waals surface area contributed by atoms with Crippen LogP contribution in [-0.2, 0) is 16.4 Å². The Balaban J connectivity index is 1.59. The molecule has 2 atom stereocenters. The standard InChI is InChI=1S/C21H27N3O4S/c1-29(27,28)23-19-7-5-16(6-8-19)21(26)17-9-12-24(20(14-17)15-25)13-10-18-4-2-3-11-22-18/h2-8,11,17,20,23,25H,9-10,12-15H2,1H3. The smallest absolute Gasteiger partial charge is 0.229 e. The number of Topliss-reactive ketones (excluding diaryl/α,β-unsaturated/α-hetero) is 1. The van der Waals surface area contributed by atoms with Crippen LogP contribution in [0.5, 0.6) is 0 Å². The molecule has 0 amide bonds. The SMILES string of the molecule is CS(=O)(=O)Nc1ccc(C(=O)C2CCN(CCc3ccccn3)C(CO)C2)cc1. The molecule has 1 aliphatic rings. The Bertz CT molecular complexity index is 917. The predicted octanol–water partition coefficient (Wildman–Crippen LogP) is 1.95. The maximum absolute atomic E-state index is 12.9. The summed E-state index contributed by atoms with van der Waals surface area (Å²) >= 11 is 0. The Labute approximate surface area is 171 Å². The molecule has 0 spiro atoms. The van der Waals surface area contributed by atoms with Crippen molar-refractivity contribution in [2.75, 3.05) is 30.7 Å². The molecule has 2 heterocycles. The van der Waals surface area contributed by atoms with E-state index in [1.54, 1.807) is 30.5 Å². The molecule has 1 aromatic carbocycles. The Hall–Kier alpha value is -2.29. The Kier molecular flexibility index (Phi) is 7.00. The van der Waals surface area contributed by atoms with Crippen molar-refractivity contribution in [3.05, 3.63) is 59.9 Å². The number of rotatable bonds is 8. The van der Waals surface area contributed by atoms with E-state index in [1.807, 2.05) is 18.2 Å². The molecule has 8 heteroatoms. The van der Waals surface area contributed by atoms with E-state index in [2.05, 4.69) is 14.6 Å². The van der Waals surface area contributed by atoms with Crippen molar-refractivity contribution in [3.8, 4) is 0 Å². The topological polar surface area (TPSA) is 99.6 Å². The first-order valence-corrected chi connectivity index (χ1v) is 11.6. The number of carbonyl (C=O) groups excluding carboxylic acids is 1. The fourth-order valence-corrected chi connectivity index (χ4v) is 4.34. The van der Waals surface area contributed by atoms with E-state index >= 15 is 0 Å². The quantitative estimate of drug-likeness (QED) is 0.637. The third kappa shape index (κ3) is 6.09. The zero-order chi connectivity index (χ0) is 20.9. The number of hydrogen-bond donors (Lipinski definition) is 2. The normalized spacial score (nSPS) is 20.3. The lowest BCUT2D eigenvalue weighted by Gasteiger charge is -2.38. The number of sulfonamides is 1. The molecule has 3 rings (SSSR count). The lowest BCUT2D eigenvalue weighted by molar-refractivity contribution is 0.0553. The number of aliphatic hydroxyl groups is 1. The number of ketones is 1. The van der Waals surface area contributed by atoms with Crippen molar-refractivity contribution >= 4 is 21.5 Å². The van der Waals surface area contributed by atoms with Gasteiger partial charge in [0.2, 0.25) is 10.0 Å². The molecular weight excluding hydrogens is 390 g/mol. The number of likely N-dealkylation sites (tertiary alicyclic amines) is 1. The van der Waals surface area contributed by atoms with Crippen LogP contribution in [-0.4, -0.2) is 61.2 Å². The predicted molar refractivity (Wildman–Crippen MR) is 112 cm³/mol. The molecule has 156 valence electrons. The fourth-order valence-electron chi connectivity index (χ4n) is 3.78. The number of hydrogen-bond acceptors (Lipinski definition) is 6. The monoisotopic (exact) mass is 417 g/mol. The fraction of sp³-hybridized carbons (Fsp3) is 0.429. The lowest BCUT2D eigenvalue weighted by Crippen LogP contribution is -2.47. The summed E-state index contributed by atoms with van der Waals surface area (Å²) in [5.41, 5.74) is 2.01. The van der Waals surface area contributed by atoms with Gasteiger partial charge in [0.05, 0.1) is 12.9 Å². The molecule has 0 saturated carbocycles. The summed E-state index contributed by atoms with van der Waals surface area (Å²) in [6, 6.07) is 12.3. The van der Waals surface area contributed by atoms with E-state index in [1.165, 1.54) is 0 Å². The highest BCUT2D eigenvalue weighted by atomic mass is 32.2. The minimum Gasteiger partial charge on any atom is -0.395 e. The maximum atomic E-state index is 12.9. The van der Waals surface area contributed by atoms with Crippen LogP contribution in [0.15, 0.2) is 48.7 Å². The number of aromatic nitrogens is 1. The summed E-state index contributed by atoms with van der Waals surface area (Å²) in [6.45, 7) is 1.57. The summed E-state index contributed by atoms with van der Waals surface area (Å²) in [5, 5.41) is 9.84. The molecule has 2 unspecified atom stereocenters. The maximum Gasteiger partial charge on any atom is 0.229 e. The average Bonchev–Trinajstić information content (AvgIpc) is 2.72. The molecule has 0 radical (unpaired) electrons. The second-order valence-electron chi connectivity index (χ2n) is 7.48. The summed E-state index contributed by atoms with van der Waals surface area (Å²) in [4.78, 5) is 19.5. The van der Waals surface area contributed by atoms with Gasteiger partial charge in [-0.3, -0.25) is 19.4 Å². The molecule has 1 aliphatic heterocycles. The van der Waals surface area contributed by atoms with Gasteiger partial charge in [0.25, 0.3) is 0 Å². The van der Waals surface area contributed by atoms with Crippen LogP contribution < -0.4 is 4.72 Å². The number of carbonyl (C=O) groups is 1. The highest BCUT2D eigenvalue weighted by molar-refractivity contribution is 7.92. The van der Waals surface area contributed by atoms with Crippen molar-refractivity contribution in [2.24, 2.45) is 5.92 Å². The highest BCUT2D eigenvalue weighted by Crippen LogP contribution is 2.27. The Morgan fingerprint density at radius 3 is 2.62 bits per heavy atom. The molecular formula is C21H27N3O4S. The number of pyridine rings is 1. The van der Waals surface area contributed by atoms with Crippen LogP contribution in [0.25, 0.3) is 0 Å². The van der Waals surface area contributed by atoms with E-state index in [0.717, 1.165) is 37.9 Å². The van der Waals surface area contributed by atoms with Crippen LogP contribution in [0, 0.1) is 5.92 Å². The van der Waals surface area contributed by atoms with Crippen LogP contribution in [0.2, 0.25) is 0 Å². The van der Waals surface area contributed by atoms with Crippen LogP contribution in [0.3, 0.4) is 0 Å². The molecule has 1 aromatic heterocycles. The van der Waals surface area contributed by atoms with Gasteiger partial charge in [-0.05, 0) is 55.8 Å². The molecule has 1 saturated heterocycles. The Morgan fingerprint density at radius 2 is 2.00 bits per heavy atom. The summed E-state index contributed by atoms with van der Waals surface area (Å²) in [6.07, 6.45) is 5.02. The van der Waals surface area contributed by atoms with Gasteiger partial charge in [0.15, 0.2) is 5.78 Å². The molecule has 2 N–H and O–H groups in total. The summed E-state index contributed by atoms with van der Waals surface area (Å²) < 4.78 is 25.0. The largest absolute Gasteiger partial charge is 0.395 e. The number of anilines is 1. The summed E-state index contributed by atoms with van der Waals surface area (Å²) in [7, 11) is -3.35. The number of nitrogens with zero attached hydrogens (tertiary/aromatic N) is 2. The van der Waals surface area contributed by atoms with Gasteiger partial charge in [-0.25, -0.2) is 8.42 Å². The zero-order valence-corrected chi connectivity index (χ0v) is 17.3. The first-order chi connectivity index (χ1) is 13.9. The van der Waals surface area contributed by atoms with Gasteiger partial charge >= 0.3 is 0 Å². The van der Waals surface area contributed by atoms with Crippen LogP contribution in [0.1, 0.15) is 28.9 Å². The number of nitrogens with one attached hydrogen (secondary N) is 1. The van der Waals surface area contributed by atoms with Crippen molar-refractivity contribution in [2.45, 2.75) is 25.3 Å². The van der Waals surface area contributed by atoms with Crippen LogP contribution >= 0.6 is 0 Å². The highest BCUT2D eigenvalue weighted by Gasteiger charge is 2.32. The van der Waals surface area contributed by atoms with E-state index in [4.69, 9.17) is 0 Å². The zero-order valence-electron chi connectivity index (χ0n) is 16.5. The van der Waals surface area contributed by atoms with E-state index < -0.39 is 10.0 Å². The molecule has 1 fully saturated rings. The van der Waals surface area contributed by atoms with Crippen molar-refractivity contribution in [3.63, 3.8) is 0 Å². The number of piperidine rings is 1. The minimum absolute atomic E-state index is 0.0171. The first-order valence-electron chi connectivity index (χ1n) is 9.72. The van der Waals surface area contributed by atoms with Gasteiger partial charge in [-0.2, -0.15) is 0 Å². The molecule has 29 heavy (non-hydrogen) atoms. The van der Waals surface area contributed by atoms with Crippen molar-refractivity contribution in [1.82, 2.24) is 9.88 Å². The van der Waals surface area contributed by atoms with Gasteiger partial charge in [-0.1, -0.05) is 6.07 Å². The van der Waals surface area contributed by atoms with E-state index in [0.29, 0.717) is 17.7 Å². The van der Waals surface area contributed by atoms with Gasteiger partial charge < -0.3 is 5.11 Å². The van der Waals surface area contributed by atoms with Crippen LogP contribution in [0.4, 0.5) is 5.69 Å². The lowest BCUT2D eigenvalue weighted by atomic mass is 9.85. The van der Waals surface area contributed by atoms with Gasteiger partial charge in [0, 0.05) is 48.1 Å². The first kappa shape index (κ1) is 21.4. The van der Waals surface area contributed by atoms with E-state index in [9.17, 15) is 18.3 Å². The molecule has 7 nitrogen and oxygen atoms in total. The number of benzene rings is 1. The molecule has 2 aromatic rings. The third-order valence-electron chi connectivity index (χ3n) is 5.27. The minimum atomic E-state index is -3.35. The van der Waals surface area contributed by atoms with Crippen molar-refractivity contribution < 1.29 is 18.3 Å². The van der Waals surface area contributed by atoms with E-state index in [-0.39, 0.29) is 24.3 Å². The molecule has 0 aliphatic carbocycles. The second kappa shape index (κ2) is 9.47. The van der Waals surface area contributed by atoms with Crippen molar-refractivity contribution in [1.29, 1.82) is 0 Å². The summed E-state index contributed by atoms with van der Waals surface area (Å²) in [5.74, 6) is -0.106. The molecule has 0 bridgehead atoms. The second-order valence-corrected chi connectivity index (χ2v) is 9.23.